The molecule has 0 aliphatic rings. The number of benzene rings is 3. The zero-order chi connectivity index (χ0) is 18.4. The van der Waals surface area contributed by atoms with Crippen LogP contribution in [0.5, 0.6) is 0 Å². The predicted octanol–water partition coefficient (Wildman–Crippen LogP) is 4.93. The lowest BCUT2D eigenvalue weighted by Crippen LogP contribution is -2.15. The fraction of sp³-hybridized carbons (Fsp3) is 0.0909. The molecule has 0 aromatic heterocycles. The maximum atomic E-state index is 12.1. The highest BCUT2D eigenvalue weighted by Gasteiger charge is 2.11. The summed E-state index contributed by atoms with van der Waals surface area (Å²) in [6.07, 6.45) is 0.147. The van der Waals surface area contributed by atoms with Gasteiger partial charge in [-0.2, -0.15) is 0 Å². The highest BCUT2D eigenvalue weighted by Crippen LogP contribution is 2.19. The van der Waals surface area contributed by atoms with E-state index in [1.165, 1.54) is 0 Å². The fourth-order valence-corrected chi connectivity index (χ4v) is 3.10. The minimum absolute atomic E-state index is 0.147. The third-order valence-electron chi connectivity index (χ3n) is 3.92. The Labute approximate surface area is 166 Å². The molecule has 0 aliphatic carbocycles. The maximum Gasteiger partial charge on any atom is 0.310 e. The van der Waals surface area contributed by atoms with Gasteiger partial charge >= 0.3 is 5.97 Å². The molecule has 3 nitrogen and oxygen atoms in total. The van der Waals surface area contributed by atoms with Gasteiger partial charge in [0.15, 0.2) is 12.4 Å². The van der Waals surface area contributed by atoms with Crippen LogP contribution in [0.4, 0.5) is 0 Å². The molecule has 3 rings (SSSR count). The van der Waals surface area contributed by atoms with Crippen molar-refractivity contribution in [1.82, 2.24) is 0 Å². The lowest BCUT2D eigenvalue weighted by atomic mass is 10.0. The van der Waals surface area contributed by atoms with E-state index >= 15 is 0 Å². The van der Waals surface area contributed by atoms with E-state index in [1.54, 1.807) is 12.1 Å². The molecule has 3 aromatic carbocycles. The van der Waals surface area contributed by atoms with Crippen molar-refractivity contribution in [3.63, 3.8) is 0 Å². The molecule has 130 valence electrons. The number of esters is 1. The summed E-state index contributed by atoms with van der Waals surface area (Å²) in [5.41, 5.74) is 3.63. The molecule has 0 amide bonds. The zero-order valence-corrected chi connectivity index (χ0v) is 16.2. The smallest absolute Gasteiger partial charge is 0.310 e. The second kappa shape index (κ2) is 8.76. The van der Waals surface area contributed by atoms with Gasteiger partial charge in [-0.25, -0.2) is 0 Å². The molecule has 0 saturated carbocycles. The third-order valence-corrected chi connectivity index (χ3v) is 4.59. The molecule has 3 aromatic rings. The Morgan fingerprint density at radius 3 is 2.19 bits per heavy atom. The van der Waals surface area contributed by atoms with Gasteiger partial charge in [0.2, 0.25) is 0 Å². The summed E-state index contributed by atoms with van der Waals surface area (Å²) in [7, 11) is 0. The molecule has 0 heterocycles. The van der Waals surface area contributed by atoms with E-state index in [9.17, 15) is 9.59 Å². The average Bonchev–Trinajstić information content (AvgIpc) is 2.67. The van der Waals surface area contributed by atoms with Crippen LogP contribution in [0.2, 0.25) is 0 Å². The Balaban J connectivity index is 1.54. The van der Waals surface area contributed by atoms with Crippen LogP contribution in [0, 0.1) is 3.57 Å². The lowest BCUT2D eigenvalue weighted by Gasteiger charge is -2.06. The summed E-state index contributed by atoms with van der Waals surface area (Å²) < 4.78 is 6.10. The van der Waals surface area contributed by atoms with Crippen LogP contribution < -0.4 is 0 Å². The van der Waals surface area contributed by atoms with Crippen molar-refractivity contribution in [3.8, 4) is 11.1 Å². The second-order valence-corrected chi connectivity index (χ2v) is 7.08. The van der Waals surface area contributed by atoms with Gasteiger partial charge in [0.05, 0.1) is 6.42 Å². The molecule has 4 heteroatoms. The number of halogens is 1. The molecule has 0 spiro atoms. The number of hydrogen-bond donors (Lipinski definition) is 0. The number of hydrogen-bond acceptors (Lipinski definition) is 3. The van der Waals surface area contributed by atoms with Crippen molar-refractivity contribution in [2.45, 2.75) is 6.42 Å². The number of ether oxygens (including phenoxy) is 1. The minimum atomic E-state index is -0.406. The third kappa shape index (κ3) is 5.02. The van der Waals surface area contributed by atoms with E-state index in [1.807, 2.05) is 66.7 Å². The van der Waals surface area contributed by atoms with Crippen molar-refractivity contribution < 1.29 is 14.3 Å². The van der Waals surface area contributed by atoms with Gasteiger partial charge < -0.3 is 4.74 Å². The first-order valence-electron chi connectivity index (χ1n) is 8.20. The summed E-state index contributed by atoms with van der Waals surface area (Å²) in [5, 5.41) is 0. The van der Waals surface area contributed by atoms with Crippen molar-refractivity contribution >= 4 is 34.3 Å². The largest absolute Gasteiger partial charge is 0.457 e. The topological polar surface area (TPSA) is 43.4 Å². The van der Waals surface area contributed by atoms with Crippen LogP contribution in [-0.4, -0.2) is 18.4 Å². The maximum absolute atomic E-state index is 12.1. The monoisotopic (exact) mass is 456 g/mol. The van der Waals surface area contributed by atoms with E-state index in [0.717, 1.165) is 20.3 Å². The molecule has 0 atom stereocenters. The summed E-state index contributed by atoms with van der Waals surface area (Å²) in [6.45, 7) is -0.235. The first-order chi connectivity index (χ1) is 12.6. The van der Waals surface area contributed by atoms with Crippen molar-refractivity contribution in [2.24, 2.45) is 0 Å². The van der Waals surface area contributed by atoms with Crippen LogP contribution in [0.25, 0.3) is 11.1 Å². The molecule has 0 bridgehead atoms. The minimum Gasteiger partial charge on any atom is -0.457 e. The van der Waals surface area contributed by atoms with Crippen LogP contribution in [-0.2, 0) is 16.0 Å². The van der Waals surface area contributed by atoms with Gasteiger partial charge in [0.25, 0.3) is 0 Å². The van der Waals surface area contributed by atoms with E-state index in [4.69, 9.17) is 4.74 Å². The van der Waals surface area contributed by atoms with Gasteiger partial charge in [-0.05, 0) is 51.4 Å². The second-order valence-electron chi connectivity index (χ2n) is 5.83. The Hall–Kier alpha value is -2.47. The van der Waals surface area contributed by atoms with Crippen molar-refractivity contribution in [2.75, 3.05) is 6.61 Å². The Bertz CT molecular complexity index is 902. The van der Waals surface area contributed by atoms with Gasteiger partial charge in [-0.3, -0.25) is 9.59 Å². The summed E-state index contributed by atoms with van der Waals surface area (Å²) in [6, 6.07) is 25.0. The Kier molecular flexibility index (Phi) is 6.17. The molecule has 0 fully saturated rings. The fourth-order valence-electron chi connectivity index (χ4n) is 2.55. The first-order valence-corrected chi connectivity index (χ1v) is 9.28. The van der Waals surface area contributed by atoms with Crippen molar-refractivity contribution in [3.05, 3.63) is 93.6 Å². The van der Waals surface area contributed by atoms with Crippen LogP contribution >= 0.6 is 22.6 Å². The lowest BCUT2D eigenvalue weighted by molar-refractivity contribution is -0.141. The van der Waals surface area contributed by atoms with Crippen molar-refractivity contribution in [1.29, 1.82) is 0 Å². The number of ketones is 1. The highest BCUT2D eigenvalue weighted by molar-refractivity contribution is 14.1. The number of carbonyl (C=O) groups is 2. The molecular weight excluding hydrogens is 439 g/mol. The SMILES string of the molecule is O=C(Cc1ccc(-c2ccccc2)cc1)OCC(=O)c1cccc(I)c1. The van der Waals surface area contributed by atoms with E-state index in [0.29, 0.717) is 5.56 Å². The van der Waals surface area contributed by atoms with Gasteiger partial charge in [-0.1, -0.05) is 66.7 Å². The van der Waals surface area contributed by atoms with E-state index in [2.05, 4.69) is 22.6 Å². The standard InChI is InChI=1S/C22H17IO3/c23-20-8-4-7-19(14-20)21(24)15-26-22(25)13-16-9-11-18(12-10-16)17-5-2-1-3-6-17/h1-12,14H,13,15H2. The Morgan fingerprint density at radius 2 is 1.50 bits per heavy atom. The average molecular weight is 456 g/mol. The van der Waals surface area contributed by atoms with E-state index in [-0.39, 0.29) is 18.8 Å². The summed E-state index contributed by atoms with van der Waals surface area (Å²) >= 11 is 2.14. The zero-order valence-electron chi connectivity index (χ0n) is 14.0. The predicted molar refractivity (Wildman–Crippen MR) is 110 cm³/mol. The first kappa shape index (κ1) is 18.3. The van der Waals surface area contributed by atoms with E-state index < -0.39 is 5.97 Å². The molecule has 0 radical (unpaired) electrons. The van der Waals surface area contributed by atoms with Crippen LogP contribution in [0.15, 0.2) is 78.9 Å². The number of Topliss-reactive ketones (excluding diaryl/α,β-unsaturated/α-hetero) is 1. The quantitative estimate of drug-likeness (QED) is 0.300. The molecule has 0 unspecified atom stereocenters. The normalized spacial score (nSPS) is 10.3. The molecule has 0 aliphatic heterocycles. The Morgan fingerprint density at radius 1 is 0.808 bits per heavy atom. The summed E-state index contributed by atoms with van der Waals surface area (Å²) in [4.78, 5) is 24.1. The molecule has 26 heavy (non-hydrogen) atoms. The van der Waals surface area contributed by atoms with Gasteiger partial charge in [0, 0.05) is 9.13 Å². The number of rotatable bonds is 6. The van der Waals surface area contributed by atoms with Crippen LogP contribution in [0.1, 0.15) is 15.9 Å². The van der Waals surface area contributed by atoms with Crippen LogP contribution in [0.3, 0.4) is 0 Å². The molecule has 0 N–H and O–H groups in total. The molecule has 0 saturated heterocycles. The molecular formula is C22H17IO3. The van der Waals surface area contributed by atoms with Gasteiger partial charge in [0.1, 0.15) is 0 Å². The van der Waals surface area contributed by atoms with Gasteiger partial charge in [-0.15, -0.1) is 0 Å². The number of carbonyl (C=O) groups excluding carboxylic acids is 2. The summed E-state index contributed by atoms with van der Waals surface area (Å²) in [5.74, 6) is -0.604. The highest BCUT2D eigenvalue weighted by atomic mass is 127.